The monoisotopic (exact) mass is 229 g/mol. The smallest absolute Gasteiger partial charge is 0.237 e. The molecule has 0 N–H and O–H groups in total. The highest BCUT2D eigenvalue weighted by molar-refractivity contribution is 5.94. The van der Waals surface area contributed by atoms with Gasteiger partial charge in [0.15, 0.2) is 5.65 Å². The molecule has 0 unspecified atom stereocenters. The molecule has 3 rings (SSSR count). The van der Waals surface area contributed by atoms with E-state index in [9.17, 15) is 0 Å². The molecule has 0 aliphatic carbocycles. The first-order valence-corrected chi connectivity index (χ1v) is 5.30. The molecule has 17 heavy (non-hydrogen) atoms. The molecule has 6 heteroatoms. The van der Waals surface area contributed by atoms with E-state index in [0.29, 0.717) is 29.4 Å². The number of hydrogen-bond acceptors (Lipinski definition) is 6. The van der Waals surface area contributed by atoms with Crippen molar-refractivity contribution in [3.8, 4) is 0 Å². The zero-order valence-electron chi connectivity index (χ0n) is 9.58. The molecule has 0 saturated carbocycles. The largest absolute Gasteiger partial charge is 0.474 e. The van der Waals surface area contributed by atoms with Gasteiger partial charge in [-0.3, -0.25) is 0 Å². The fourth-order valence-electron chi connectivity index (χ4n) is 1.59. The third kappa shape index (κ3) is 1.82. The van der Waals surface area contributed by atoms with Crippen LogP contribution in [0, 0.1) is 0 Å². The van der Waals surface area contributed by atoms with E-state index in [1.54, 1.807) is 12.4 Å². The first-order chi connectivity index (χ1) is 8.14. The second-order valence-electron chi connectivity index (χ2n) is 4.50. The normalized spacial score (nSPS) is 17.9. The molecule has 0 atom stereocenters. The van der Waals surface area contributed by atoms with Gasteiger partial charge in [-0.25, -0.2) is 24.9 Å². The maximum atomic E-state index is 5.51. The fourth-order valence-corrected chi connectivity index (χ4v) is 1.59. The first kappa shape index (κ1) is 10.1. The molecule has 0 amide bonds. The van der Waals surface area contributed by atoms with Crippen molar-refractivity contribution in [1.29, 1.82) is 0 Å². The lowest BCUT2D eigenvalue weighted by molar-refractivity contribution is 0.279. The van der Waals surface area contributed by atoms with Crippen molar-refractivity contribution < 1.29 is 4.74 Å². The number of ether oxygens (including phenoxy) is 1. The molecule has 0 aromatic carbocycles. The highest BCUT2D eigenvalue weighted by Crippen LogP contribution is 2.19. The van der Waals surface area contributed by atoms with Gasteiger partial charge in [-0.2, -0.15) is 0 Å². The van der Waals surface area contributed by atoms with Crippen LogP contribution in [0.3, 0.4) is 0 Å². The van der Waals surface area contributed by atoms with Crippen LogP contribution in [-0.4, -0.2) is 38.0 Å². The van der Waals surface area contributed by atoms with Crippen LogP contribution in [0.15, 0.2) is 23.7 Å². The Morgan fingerprint density at radius 1 is 1.24 bits per heavy atom. The molecule has 2 aromatic heterocycles. The minimum Gasteiger partial charge on any atom is -0.474 e. The lowest BCUT2D eigenvalue weighted by atomic mass is 10.1. The summed E-state index contributed by atoms with van der Waals surface area (Å²) in [5.41, 5.74) is 1.64. The van der Waals surface area contributed by atoms with Crippen LogP contribution in [0.2, 0.25) is 0 Å². The summed E-state index contributed by atoms with van der Waals surface area (Å²) in [5.74, 6) is 0.535. The van der Waals surface area contributed by atoms with Gasteiger partial charge in [-0.15, -0.1) is 0 Å². The van der Waals surface area contributed by atoms with Crippen molar-refractivity contribution in [2.75, 3.05) is 6.61 Å². The number of rotatable bonds is 1. The summed E-state index contributed by atoms with van der Waals surface area (Å²) in [6, 6.07) is 0. The van der Waals surface area contributed by atoms with Gasteiger partial charge in [0.05, 0.1) is 17.9 Å². The van der Waals surface area contributed by atoms with Crippen molar-refractivity contribution in [3.05, 3.63) is 24.4 Å². The lowest BCUT2D eigenvalue weighted by Gasteiger charge is -2.07. The van der Waals surface area contributed by atoms with Crippen molar-refractivity contribution in [3.63, 3.8) is 0 Å². The Hall–Kier alpha value is -2.11. The van der Waals surface area contributed by atoms with Crippen molar-refractivity contribution >= 4 is 17.1 Å². The zero-order valence-corrected chi connectivity index (χ0v) is 9.58. The number of nitrogens with zero attached hydrogens (tertiary/aromatic N) is 5. The molecule has 3 heterocycles. The molecular formula is C11H11N5O. The molecule has 0 spiro atoms. The summed E-state index contributed by atoms with van der Waals surface area (Å²) in [7, 11) is 0. The van der Waals surface area contributed by atoms with E-state index in [4.69, 9.17) is 4.74 Å². The van der Waals surface area contributed by atoms with Crippen molar-refractivity contribution in [2.45, 2.75) is 19.4 Å². The van der Waals surface area contributed by atoms with E-state index < -0.39 is 0 Å². The number of hydrogen-bond donors (Lipinski definition) is 0. The minimum atomic E-state index is -0.195. The zero-order chi connectivity index (χ0) is 11.9. The summed E-state index contributed by atoms with van der Waals surface area (Å²) < 4.78 is 5.51. The van der Waals surface area contributed by atoms with Crippen LogP contribution in [0.25, 0.3) is 11.2 Å². The Bertz CT molecular complexity index is 608. The van der Waals surface area contributed by atoms with Crippen molar-refractivity contribution in [2.24, 2.45) is 4.99 Å². The summed E-state index contributed by atoms with van der Waals surface area (Å²) in [6.07, 6.45) is 4.69. The molecule has 86 valence electrons. The second kappa shape index (κ2) is 3.44. The van der Waals surface area contributed by atoms with Crippen LogP contribution in [0.5, 0.6) is 0 Å². The van der Waals surface area contributed by atoms with Gasteiger partial charge >= 0.3 is 0 Å². The Labute approximate surface area is 97.8 Å². The number of fused-ring (bicyclic) bond motifs is 1. The summed E-state index contributed by atoms with van der Waals surface area (Å²) >= 11 is 0. The number of aromatic nitrogens is 4. The van der Waals surface area contributed by atoms with E-state index >= 15 is 0 Å². The van der Waals surface area contributed by atoms with E-state index in [2.05, 4.69) is 24.9 Å². The molecule has 0 saturated heterocycles. The van der Waals surface area contributed by atoms with Gasteiger partial charge in [-0.1, -0.05) is 0 Å². The molecule has 6 nitrogen and oxygen atoms in total. The maximum Gasteiger partial charge on any atom is 0.237 e. The van der Waals surface area contributed by atoms with Gasteiger partial charge in [-0.05, 0) is 13.8 Å². The Kier molecular flexibility index (Phi) is 2.04. The topological polar surface area (TPSA) is 73.2 Å². The van der Waals surface area contributed by atoms with Gasteiger partial charge in [0.2, 0.25) is 5.90 Å². The van der Waals surface area contributed by atoms with Crippen LogP contribution < -0.4 is 0 Å². The van der Waals surface area contributed by atoms with Crippen LogP contribution in [0.4, 0.5) is 0 Å². The van der Waals surface area contributed by atoms with Gasteiger partial charge in [0, 0.05) is 0 Å². The Morgan fingerprint density at radius 3 is 2.88 bits per heavy atom. The lowest BCUT2D eigenvalue weighted by Crippen LogP contribution is -2.17. The van der Waals surface area contributed by atoms with Crippen LogP contribution in [0.1, 0.15) is 19.5 Å². The van der Waals surface area contributed by atoms with E-state index in [-0.39, 0.29) is 5.54 Å². The highest BCUT2D eigenvalue weighted by atomic mass is 16.5. The Balaban J connectivity index is 2.07. The van der Waals surface area contributed by atoms with Gasteiger partial charge < -0.3 is 4.74 Å². The fraction of sp³-hybridized carbons (Fsp3) is 0.364. The van der Waals surface area contributed by atoms with Crippen LogP contribution >= 0.6 is 0 Å². The molecular weight excluding hydrogens is 218 g/mol. The van der Waals surface area contributed by atoms with Gasteiger partial charge in [0.1, 0.15) is 24.1 Å². The quantitative estimate of drug-likeness (QED) is 0.728. The summed E-state index contributed by atoms with van der Waals surface area (Å²) in [6.45, 7) is 4.59. The second-order valence-corrected chi connectivity index (χ2v) is 4.50. The minimum absolute atomic E-state index is 0.195. The average Bonchev–Trinajstić information content (AvgIpc) is 2.69. The first-order valence-electron chi connectivity index (χ1n) is 5.30. The predicted molar refractivity (Wildman–Crippen MR) is 61.7 cm³/mol. The predicted octanol–water partition coefficient (Wildman–Crippen LogP) is 0.975. The van der Waals surface area contributed by atoms with Crippen molar-refractivity contribution in [1.82, 2.24) is 19.9 Å². The summed E-state index contributed by atoms with van der Waals surface area (Å²) in [5, 5.41) is 0. The van der Waals surface area contributed by atoms with E-state index in [1.165, 1.54) is 6.33 Å². The molecule has 0 fully saturated rings. The third-order valence-electron chi connectivity index (χ3n) is 2.41. The number of aliphatic imine (C=N–C) groups is 1. The standard InChI is InChI=1S/C11H11N5O/c1-11(2)5-17-10(16-11)8-4-13-9-7(15-8)3-12-6-14-9/h3-4,6H,5H2,1-2H3. The van der Waals surface area contributed by atoms with Gasteiger partial charge in [0.25, 0.3) is 0 Å². The summed E-state index contributed by atoms with van der Waals surface area (Å²) in [4.78, 5) is 21.0. The molecule has 0 bridgehead atoms. The third-order valence-corrected chi connectivity index (χ3v) is 2.41. The molecule has 1 aliphatic rings. The highest BCUT2D eigenvalue weighted by Gasteiger charge is 2.27. The Morgan fingerprint density at radius 2 is 2.12 bits per heavy atom. The maximum absolute atomic E-state index is 5.51. The molecule has 2 aromatic rings. The molecule has 0 radical (unpaired) electrons. The average molecular weight is 229 g/mol. The molecule has 1 aliphatic heterocycles. The van der Waals surface area contributed by atoms with E-state index in [0.717, 1.165) is 0 Å². The van der Waals surface area contributed by atoms with Crippen LogP contribution in [-0.2, 0) is 4.74 Å². The van der Waals surface area contributed by atoms with E-state index in [1.807, 2.05) is 13.8 Å². The SMILES string of the molecule is CC1(C)COC(c2cnc3ncncc3n2)=N1.